The van der Waals surface area contributed by atoms with Crippen LogP contribution >= 0.6 is 0 Å². The molecule has 1 N–H and O–H groups in total. The van der Waals surface area contributed by atoms with Crippen molar-refractivity contribution in [3.8, 4) is 17.2 Å². The van der Waals surface area contributed by atoms with Gasteiger partial charge < -0.3 is 19.2 Å². The fourth-order valence-corrected chi connectivity index (χ4v) is 2.62. The van der Waals surface area contributed by atoms with Gasteiger partial charge in [-0.15, -0.1) is 10.2 Å². The topological polar surface area (TPSA) is 147 Å². The molecule has 0 spiro atoms. The smallest absolute Gasteiger partial charge is 0.328 e. The summed E-state index contributed by atoms with van der Waals surface area (Å²) in [6, 6.07) is 11.8. The minimum Gasteiger partial charge on any atom is -0.497 e. The molecule has 3 rings (SSSR count). The van der Waals surface area contributed by atoms with E-state index in [-0.39, 0.29) is 24.1 Å². The van der Waals surface area contributed by atoms with Crippen LogP contribution in [0.3, 0.4) is 0 Å². The number of nitrogens with zero attached hydrogens (tertiary/aromatic N) is 3. The van der Waals surface area contributed by atoms with Crippen LogP contribution in [0.25, 0.3) is 17.5 Å². The van der Waals surface area contributed by atoms with Gasteiger partial charge in [-0.05, 0) is 42.8 Å². The molecule has 1 amide bonds. The van der Waals surface area contributed by atoms with Crippen molar-refractivity contribution in [2.75, 3.05) is 7.11 Å². The molecule has 0 aliphatic rings. The van der Waals surface area contributed by atoms with Crippen LogP contribution in [0.2, 0.25) is 0 Å². The Kier molecular flexibility index (Phi) is 7.47. The van der Waals surface area contributed by atoms with Crippen molar-refractivity contribution in [2.24, 2.45) is 0 Å². The van der Waals surface area contributed by atoms with Crippen LogP contribution in [0.1, 0.15) is 18.4 Å². The number of hydrogen-bond donors (Lipinski definition) is 1. The maximum absolute atomic E-state index is 12.1. The fraction of sp³-hybridized carbons (Fsp3) is 0.182. The van der Waals surface area contributed by atoms with Crippen molar-refractivity contribution in [2.45, 2.75) is 19.6 Å². The van der Waals surface area contributed by atoms with Gasteiger partial charge in [-0.25, -0.2) is 4.79 Å². The Bertz CT molecular complexity index is 1150. The van der Waals surface area contributed by atoms with Gasteiger partial charge in [-0.2, -0.15) is 0 Å². The summed E-state index contributed by atoms with van der Waals surface area (Å²) in [6.45, 7) is 1.19. The van der Waals surface area contributed by atoms with Gasteiger partial charge in [0.1, 0.15) is 11.8 Å². The molecular formula is C22H20N4O7. The fourth-order valence-electron chi connectivity index (χ4n) is 2.62. The van der Waals surface area contributed by atoms with Crippen LogP contribution in [0, 0.1) is 10.1 Å². The van der Waals surface area contributed by atoms with E-state index in [0.717, 1.165) is 5.56 Å². The molecule has 170 valence electrons. The largest absolute Gasteiger partial charge is 0.497 e. The van der Waals surface area contributed by atoms with E-state index in [0.29, 0.717) is 11.3 Å². The first-order valence-electron chi connectivity index (χ1n) is 9.72. The van der Waals surface area contributed by atoms with Gasteiger partial charge in [0.2, 0.25) is 11.8 Å². The van der Waals surface area contributed by atoms with Crippen molar-refractivity contribution in [1.29, 1.82) is 0 Å². The molecule has 11 nitrogen and oxygen atoms in total. The summed E-state index contributed by atoms with van der Waals surface area (Å²) in [4.78, 5) is 34.4. The number of esters is 1. The van der Waals surface area contributed by atoms with E-state index < -0.39 is 22.8 Å². The highest BCUT2D eigenvalue weighted by Crippen LogP contribution is 2.21. The van der Waals surface area contributed by atoms with Crippen molar-refractivity contribution in [1.82, 2.24) is 15.5 Å². The average molecular weight is 452 g/mol. The normalized spacial score (nSPS) is 11.7. The van der Waals surface area contributed by atoms with E-state index >= 15 is 0 Å². The molecule has 1 heterocycles. The molecule has 1 atom stereocenters. The van der Waals surface area contributed by atoms with E-state index in [1.807, 2.05) is 0 Å². The third-order valence-corrected chi connectivity index (χ3v) is 4.39. The van der Waals surface area contributed by atoms with Gasteiger partial charge in [-0.3, -0.25) is 14.9 Å². The first-order chi connectivity index (χ1) is 15.9. The molecule has 0 fully saturated rings. The third kappa shape index (κ3) is 6.47. The Morgan fingerprint density at radius 2 is 1.85 bits per heavy atom. The first kappa shape index (κ1) is 23.1. The lowest BCUT2D eigenvalue weighted by Crippen LogP contribution is -2.38. The second kappa shape index (κ2) is 10.7. The molecule has 3 aromatic rings. The number of nitro groups is 1. The quantitative estimate of drug-likeness (QED) is 0.224. The maximum atomic E-state index is 12.1. The summed E-state index contributed by atoms with van der Waals surface area (Å²) in [7, 11) is 1.56. The molecule has 33 heavy (non-hydrogen) atoms. The van der Waals surface area contributed by atoms with Gasteiger partial charge in [-0.1, -0.05) is 12.1 Å². The molecule has 0 saturated carbocycles. The Labute approximate surface area is 188 Å². The predicted octanol–water partition coefficient (Wildman–Crippen LogP) is 2.91. The van der Waals surface area contributed by atoms with Crippen LogP contribution in [0.15, 0.2) is 59.0 Å². The van der Waals surface area contributed by atoms with Gasteiger partial charge in [0, 0.05) is 23.8 Å². The number of methoxy groups -OCH3 is 1. The number of non-ortho nitro benzene ring substituents is 1. The predicted molar refractivity (Wildman–Crippen MR) is 116 cm³/mol. The molecular weight excluding hydrogens is 432 g/mol. The molecule has 0 radical (unpaired) electrons. The molecule has 0 bridgehead atoms. The molecule has 0 unspecified atom stereocenters. The van der Waals surface area contributed by atoms with Gasteiger partial charge in [0.05, 0.1) is 12.0 Å². The van der Waals surface area contributed by atoms with E-state index in [1.54, 1.807) is 37.5 Å². The van der Waals surface area contributed by atoms with Gasteiger partial charge in [0.25, 0.3) is 11.6 Å². The Balaban J connectivity index is 1.48. The lowest BCUT2D eigenvalue weighted by Gasteiger charge is -2.11. The Morgan fingerprint density at radius 1 is 1.15 bits per heavy atom. The monoisotopic (exact) mass is 452 g/mol. The van der Waals surface area contributed by atoms with Gasteiger partial charge in [0.15, 0.2) is 6.61 Å². The lowest BCUT2D eigenvalue weighted by atomic mass is 10.2. The second-order valence-electron chi connectivity index (χ2n) is 6.75. The van der Waals surface area contributed by atoms with Crippen LogP contribution in [-0.2, 0) is 20.9 Å². The zero-order chi connectivity index (χ0) is 23.8. The molecule has 0 aliphatic carbocycles. The number of benzene rings is 2. The number of hydrogen-bond acceptors (Lipinski definition) is 9. The third-order valence-electron chi connectivity index (χ3n) is 4.39. The van der Waals surface area contributed by atoms with Crippen LogP contribution < -0.4 is 10.1 Å². The zero-order valence-corrected chi connectivity index (χ0v) is 17.8. The Morgan fingerprint density at radius 3 is 2.48 bits per heavy atom. The summed E-state index contributed by atoms with van der Waals surface area (Å²) in [6.07, 6.45) is 2.91. The molecule has 0 saturated heterocycles. The number of carbonyl (C=O) groups is 2. The number of nitro benzene ring substituents is 1. The van der Waals surface area contributed by atoms with E-state index in [9.17, 15) is 19.7 Å². The number of aromatic nitrogens is 2. The minimum absolute atomic E-state index is 0.0367. The van der Waals surface area contributed by atoms with E-state index in [2.05, 4.69) is 15.5 Å². The second-order valence-corrected chi connectivity index (χ2v) is 6.75. The molecule has 0 aliphatic heterocycles. The van der Waals surface area contributed by atoms with E-state index in [1.165, 1.54) is 37.3 Å². The van der Waals surface area contributed by atoms with Crippen molar-refractivity contribution in [3.05, 3.63) is 76.2 Å². The summed E-state index contributed by atoms with van der Waals surface area (Å²) < 4.78 is 15.6. The van der Waals surface area contributed by atoms with Crippen molar-refractivity contribution in [3.63, 3.8) is 0 Å². The highest BCUT2D eigenvalue weighted by Gasteiger charge is 2.18. The summed E-state index contributed by atoms with van der Waals surface area (Å²) in [5, 5.41) is 20.8. The molecule has 2 aromatic carbocycles. The SMILES string of the molecule is COc1ccc(/C=C/C(=O)N[C@@H](C)C(=O)OCc2nnc(-c3ccc([N+](=O)[O-])cc3)o2)cc1. The lowest BCUT2D eigenvalue weighted by molar-refractivity contribution is -0.384. The van der Waals surface area contributed by atoms with Crippen molar-refractivity contribution < 1.29 is 28.4 Å². The van der Waals surface area contributed by atoms with Crippen LogP contribution in [-0.4, -0.2) is 40.1 Å². The zero-order valence-electron chi connectivity index (χ0n) is 17.8. The Hall–Kier alpha value is -4.54. The first-order valence-corrected chi connectivity index (χ1v) is 9.72. The minimum atomic E-state index is -0.907. The number of nitrogens with one attached hydrogen (secondary N) is 1. The van der Waals surface area contributed by atoms with E-state index in [4.69, 9.17) is 13.9 Å². The summed E-state index contributed by atoms with van der Waals surface area (Å²) >= 11 is 0. The van der Waals surface area contributed by atoms with Crippen LogP contribution in [0.4, 0.5) is 5.69 Å². The number of amides is 1. The molecule has 11 heteroatoms. The number of ether oxygens (including phenoxy) is 2. The van der Waals surface area contributed by atoms with Crippen molar-refractivity contribution >= 4 is 23.6 Å². The molecule has 1 aromatic heterocycles. The summed E-state index contributed by atoms with van der Waals surface area (Å²) in [5.41, 5.74) is 1.21. The number of rotatable bonds is 9. The maximum Gasteiger partial charge on any atom is 0.328 e. The van der Waals surface area contributed by atoms with Crippen LogP contribution in [0.5, 0.6) is 5.75 Å². The average Bonchev–Trinajstić information content (AvgIpc) is 3.30. The van der Waals surface area contributed by atoms with Gasteiger partial charge >= 0.3 is 5.97 Å². The number of carbonyl (C=O) groups excluding carboxylic acids is 2. The highest BCUT2D eigenvalue weighted by atomic mass is 16.6. The summed E-state index contributed by atoms with van der Waals surface area (Å²) in [5.74, 6) is -0.283. The highest BCUT2D eigenvalue weighted by molar-refractivity contribution is 5.94. The standard InChI is InChI=1S/C22H20N4O7/c1-14(23-19(27)12-5-15-3-10-18(31-2)11-4-15)22(28)32-13-20-24-25-21(33-20)16-6-8-17(9-7-16)26(29)30/h3-12,14H,13H2,1-2H3,(H,23,27)/b12-5+/t14-/m0/s1.